The first kappa shape index (κ1) is 27.4. The van der Waals surface area contributed by atoms with Gasteiger partial charge in [-0.2, -0.15) is 4.40 Å². The van der Waals surface area contributed by atoms with Crippen LogP contribution in [0.4, 0.5) is 0 Å². The minimum absolute atomic E-state index is 0.375. The number of hydrogen-bond acceptors (Lipinski definition) is 1. The molecular formula is C47H30N3+. The molecule has 0 aliphatic heterocycles. The molecule has 1 N–H and O–H groups in total. The summed E-state index contributed by atoms with van der Waals surface area (Å²) in [6, 6.07) is 58.2. The quantitative estimate of drug-likeness (QED) is 0.192. The van der Waals surface area contributed by atoms with Crippen molar-refractivity contribution in [1.82, 2.24) is 9.97 Å². The highest BCUT2D eigenvalue weighted by Crippen LogP contribution is 2.63. The first-order valence-corrected chi connectivity index (χ1v) is 17.2. The molecule has 0 bridgehead atoms. The monoisotopic (exact) mass is 636 g/mol. The molecule has 0 radical (unpaired) electrons. The van der Waals surface area contributed by atoms with Crippen molar-refractivity contribution in [3.63, 3.8) is 0 Å². The van der Waals surface area contributed by atoms with Crippen LogP contribution in [0.2, 0.25) is 0 Å². The van der Waals surface area contributed by atoms with Gasteiger partial charge in [-0.05, 0) is 103 Å². The molecule has 1 spiro atoms. The van der Waals surface area contributed by atoms with Gasteiger partial charge in [0.05, 0.1) is 11.6 Å². The second-order valence-electron chi connectivity index (χ2n) is 13.5. The lowest BCUT2D eigenvalue weighted by atomic mass is 9.70. The molecule has 3 heterocycles. The second kappa shape index (κ2) is 10.2. The number of aromatic nitrogens is 3. The van der Waals surface area contributed by atoms with Crippen molar-refractivity contribution in [3.8, 4) is 55.6 Å². The minimum Gasteiger partial charge on any atom is -0.264 e. The lowest BCUT2D eigenvalue weighted by Gasteiger charge is -2.30. The topological polar surface area (TPSA) is 32.8 Å². The number of H-pyrrole nitrogens is 1. The number of pyridine rings is 2. The van der Waals surface area contributed by atoms with Gasteiger partial charge in [-0.1, -0.05) is 121 Å². The lowest BCUT2D eigenvalue weighted by molar-refractivity contribution is -0.480. The van der Waals surface area contributed by atoms with Gasteiger partial charge in [0, 0.05) is 24.0 Å². The first-order valence-electron chi connectivity index (χ1n) is 17.2. The average Bonchev–Trinajstić information content (AvgIpc) is 3.82. The van der Waals surface area contributed by atoms with E-state index in [0.717, 1.165) is 27.8 Å². The molecule has 0 saturated carbocycles. The summed E-state index contributed by atoms with van der Waals surface area (Å²) >= 11 is 0. The Morgan fingerprint density at radius 2 is 1.06 bits per heavy atom. The van der Waals surface area contributed by atoms with Crippen LogP contribution in [0, 0.1) is 0 Å². The van der Waals surface area contributed by atoms with Crippen LogP contribution in [0.3, 0.4) is 0 Å². The van der Waals surface area contributed by atoms with Crippen molar-refractivity contribution in [1.29, 1.82) is 0 Å². The zero-order valence-electron chi connectivity index (χ0n) is 27.1. The SMILES string of the molecule is c1cncc(-c2ccc(-c3cc(-c4ccc5c(c4)C4(c6ccccc6-c6ccccc64)c4ccccc4-5)cc4c3[nH]c3cccc[n+]34)cc2)c1. The van der Waals surface area contributed by atoms with Crippen LogP contribution in [0.25, 0.3) is 72.3 Å². The van der Waals surface area contributed by atoms with E-state index in [0.29, 0.717) is 0 Å². The van der Waals surface area contributed by atoms with E-state index in [4.69, 9.17) is 0 Å². The molecule has 9 aromatic rings. The maximum atomic E-state index is 4.33. The van der Waals surface area contributed by atoms with Gasteiger partial charge < -0.3 is 0 Å². The van der Waals surface area contributed by atoms with Crippen LogP contribution in [-0.4, -0.2) is 9.97 Å². The zero-order chi connectivity index (χ0) is 32.8. The maximum Gasteiger partial charge on any atom is 0.284 e. The van der Waals surface area contributed by atoms with E-state index in [-0.39, 0.29) is 5.41 Å². The highest BCUT2D eigenvalue weighted by Gasteiger charge is 2.51. The molecule has 2 aliphatic rings. The van der Waals surface area contributed by atoms with Gasteiger partial charge in [0.15, 0.2) is 11.0 Å². The zero-order valence-corrected chi connectivity index (χ0v) is 27.1. The lowest BCUT2D eigenvalue weighted by Crippen LogP contribution is -2.25. The predicted molar refractivity (Wildman–Crippen MR) is 202 cm³/mol. The van der Waals surface area contributed by atoms with Crippen molar-refractivity contribution in [2.75, 3.05) is 0 Å². The van der Waals surface area contributed by atoms with E-state index in [1.165, 1.54) is 66.8 Å². The fourth-order valence-electron chi connectivity index (χ4n) is 8.88. The number of hydrogen-bond donors (Lipinski definition) is 1. The average molecular weight is 637 g/mol. The summed E-state index contributed by atoms with van der Waals surface area (Å²) in [7, 11) is 0. The summed E-state index contributed by atoms with van der Waals surface area (Å²) in [5.74, 6) is 0. The third kappa shape index (κ3) is 3.64. The third-order valence-electron chi connectivity index (χ3n) is 11.0. The molecule has 232 valence electrons. The summed E-state index contributed by atoms with van der Waals surface area (Å²) in [4.78, 5) is 8.07. The molecule has 6 aromatic carbocycles. The molecule has 3 heteroatoms. The van der Waals surface area contributed by atoms with E-state index in [1.54, 1.807) is 0 Å². The van der Waals surface area contributed by atoms with Crippen LogP contribution < -0.4 is 4.40 Å². The minimum atomic E-state index is -0.375. The van der Waals surface area contributed by atoms with Crippen LogP contribution >= 0.6 is 0 Å². The van der Waals surface area contributed by atoms with Gasteiger partial charge in [-0.3, -0.25) is 4.98 Å². The molecule has 0 unspecified atom stereocenters. The Hall–Kier alpha value is -6.58. The molecule has 0 saturated heterocycles. The fourth-order valence-corrected chi connectivity index (χ4v) is 8.88. The highest BCUT2D eigenvalue weighted by atomic mass is 15.0. The van der Waals surface area contributed by atoms with Gasteiger partial charge in [-0.15, -0.1) is 0 Å². The smallest absolute Gasteiger partial charge is 0.264 e. The fraction of sp³-hybridized carbons (Fsp3) is 0.0213. The molecular weight excluding hydrogens is 607 g/mol. The summed E-state index contributed by atoms with van der Waals surface area (Å²) in [6.07, 6.45) is 5.88. The van der Waals surface area contributed by atoms with Crippen LogP contribution in [0.1, 0.15) is 22.3 Å². The molecule has 2 aliphatic carbocycles. The summed E-state index contributed by atoms with van der Waals surface area (Å²) in [5.41, 5.74) is 20.7. The van der Waals surface area contributed by atoms with Gasteiger partial charge in [0.2, 0.25) is 0 Å². The number of imidazole rings is 1. The van der Waals surface area contributed by atoms with Crippen LogP contribution in [0.15, 0.2) is 176 Å². The van der Waals surface area contributed by atoms with Crippen molar-refractivity contribution < 1.29 is 4.40 Å². The molecule has 0 amide bonds. The second-order valence-corrected chi connectivity index (χ2v) is 13.5. The van der Waals surface area contributed by atoms with Gasteiger partial charge in [0.25, 0.3) is 5.65 Å². The molecule has 0 atom stereocenters. The first-order chi connectivity index (χ1) is 24.8. The Balaban J connectivity index is 1.16. The van der Waals surface area contributed by atoms with Gasteiger partial charge in [-0.25, -0.2) is 4.98 Å². The molecule has 3 aromatic heterocycles. The summed E-state index contributed by atoms with van der Waals surface area (Å²) in [6.45, 7) is 0. The largest absolute Gasteiger partial charge is 0.284 e. The Labute approximate surface area is 289 Å². The van der Waals surface area contributed by atoms with Crippen molar-refractivity contribution >= 4 is 16.7 Å². The number of benzene rings is 6. The normalized spacial score (nSPS) is 13.4. The van der Waals surface area contributed by atoms with Crippen LogP contribution in [0.5, 0.6) is 0 Å². The molecule has 0 fully saturated rings. The summed E-state index contributed by atoms with van der Waals surface area (Å²) < 4.78 is 2.26. The van der Waals surface area contributed by atoms with Gasteiger partial charge in [0.1, 0.15) is 0 Å². The number of nitrogens with one attached hydrogen (secondary N) is 1. The number of nitrogens with zero attached hydrogens (tertiary/aromatic N) is 2. The van der Waals surface area contributed by atoms with Crippen molar-refractivity contribution in [3.05, 3.63) is 199 Å². The molecule has 50 heavy (non-hydrogen) atoms. The van der Waals surface area contributed by atoms with Crippen molar-refractivity contribution in [2.45, 2.75) is 5.41 Å². The van der Waals surface area contributed by atoms with Gasteiger partial charge >= 0.3 is 0 Å². The van der Waals surface area contributed by atoms with E-state index in [1.807, 2.05) is 18.5 Å². The van der Waals surface area contributed by atoms with E-state index >= 15 is 0 Å². The molecule has 3 nitrogen and oxygen atoms in total. The highest BCUT2D eigenvalue weighted by molar-refractivity contribution is 5.98. The van der Waals surface area contributed by atoms with Crippen molar-refractivity contribution in [2.24, 2.45) is 0 Å². The summed E-state index contributed by atoms with van der Waals surface area (Å²) in [5, 5.41) is 0. The Morgan fingerprint density at radius 1 is 0.440 bits per heavy atom. The molecule has 11 rings (SSSR count). The van der Waals surface area contributed by atoms with E-state index < -0.39 is 0 Å². The number of fused-ring (bicyclic) bond motifs is 13. The van der Waals surface area contributed by atoms with E-state index in [2.05, 4.69) is 172 Å². The predicted octanol–water partition coefficient (Wildman–Crippen LogP) is 10.6. The third-order valence-corrected chi connectivity index (χ3v) is 11.0. The maximum absolute atomic E-state index is 4.33. The Kier molecular flexibility index (Phi) is 5.59. The number of aromatic amines is 1. The van der Waals surface area contributed by atoms with E-state index in [9.17, 15) is 0 Å². The Bertz CT molecular complexity index is 2750. The standard InChI is InChI=1S/C47H29N3/c1-4-14-40-35(11-1)36-12-2-5-15-41(36)47(40)42-16-6-3-13-37(42)38-23-22-32(27-43(38)47)34-26-39(46-44(28-34)50-25-8-7-17-45(50)49-46)31-20-18-30(19-21-31)33-10-9-24-48-29-33/h1-29H/p+1. The number of rotatable bonds is 3. The van der Waals surface area contributed by atoms with Crippen LogP contribution in [-0.2, 0) is 5.41 Å². The Morgan fingerprint density at radius 3 is 1.74 bits per heavy atom.